The van der Waals surface area contributed by atoms with Gasteiger partial charge in [0.2, 0.25) is 11.1 Å². The maximum absolute atomic E-state index is 12.0. The molecule has 0 radical (unpaired) electrons. The molecule has 1 amide bonds. The molecule has 0 unspecified atom stereocenters. The van der Waals surface area contributed by atoms with E-state index in [1.54, 1.807) is 7.11 Å². The van der Waals surface area contributed by atoms with Gasteiger partial charge in [-0.2, -0.15) is 0 Å². The quantitative estimate of drug-likeness (QED) is 0.636. The van der Waals surface area contributed by atoms with Crippen LogP contribution in [-0.2, 0) is 9.53 Å². The van der Waals surface area contributed by atoms with Crippen LogP contribution < -0.4 is 10.1 Å². The van der Waals surface area contributed by atoms with E-state index in [1.165, 1.54) is 11.8 Å². The summed E-state index contributed by atoms with van der Waals surface area (Å²) in [5.74, 6) is 0.936. The zero-order valence-electron chi connectivity index (χ0n) is 14.3. The van der Waals surface area contributed by atoms with E-state index in [0.29, 0.717) is 22.9 Å². The standard InChI is InChI=1S/C17H19N5O3S/c1-24-10-4-5-13-12(7-10)15-16(19-13)20-17(22-21-15)26-9-14(23)18-8-11-3-2-6-25-11/h4-5,7,11H,2-3,6,8-9H2,1H3,(H,18,23)(H,19,20,22)/t11-/m0/s1. The summed E-state index contributed by atoms with van der Waals surface area (Å²) in [6, 6.07) is 5.69. The summed E-state index contributed by atoms with van der Waals surface area (Å²) in [5, 5.41) is 12.6. The third-order valence-electron chi connectivity index (χ3n) is 4.29. The van der Waals surface area contributed by atoms with Gasteiger partial charge in [0.1, 0.15) is 11.3 Å². The summed E-state index contributed by atoms with van der Waals surface area (Å²) in [4.78, 5) is 19.6. The molecule has 1 atom stereocenters. The van der Waals surface area contributed by atoms with E-state index in [2.05, 4.69) is 25.5 Å². The smallest absolute Gasteiger partial charge is 0.230 e. The molecule has 8 nitrogen and oxygen atoms in total. The van der Waals surface area contributed by atoms with Gasteiger partial charge in [-0.15, -0.1) is 10.2 Å². The fourth-order valence-corrected chi connectivity index (χ4v) is 3.55. The van der Waals surface area contributed by atoms with E-state index in [9.17, 15) is 4.79 Å². The van der Waals surface area contributed by atoms with E-state index < -0.39 is 0 Å². The Kier molecular flexibility index (Phi) is 4.89. The molecule has 2 aromatic heterocycles. The number of aromatic amines is 1. The second-order valence-electron chi connectivity index (χ2n) is 6.06. The van der Waals surface area contributed by atoms with Gasteiger partial charge < -0.3 is 19.8 Å². The molecule has 1 aliphatic heterocycles. The van der Waals surface area contributed by atoms with Crippen LogP contribution in [0, 0.1) is 0 Å². The van der Waals surface area contributed by atoms with Gasteiger partial charge >= 0.3 is 0 Å². The predicted octanol–water partition coefficient (Wildman–Crippen LogP) is 1.90. The van der Waals surface area contributed by atoms with Gasteiger partial charge in [0.25, 0.3) is 0 Å². The van der Waals surface area contributed by atoms with Crippen LogP contribution in [0.25, 0.3) is 22.1 Å². The number of amides is 1. The van der Waals surface area contributed by atoms with E-state index in [4.69, 9.17) is 9.47 Å². The molecule has 0 bridgehead atoms. The number of nitrogens with one attached hydrogen (secondary N) is 2. The van der Waals surface area contributed by atoms with Gasteiger partial charge in [-0.05, 0) is 31.0 Å². The first-order chi connectivity index (χ1) is 12.7. The molecular weight excluding hydrogens is 354 g/mol. The number of hydrogen-bond donors (Lipinski definition) is 2. The van der Waals surface area contributed by atoms with Crippen LogP contribution in [0.5, 0.6) is 5.75 Å². The highest BCUT2D eigenvalue weighted by Gasteiger charge is 2.16. The van der Waals surface area contributed by atoms with Crippen LogP contribution in [0.3, 0.4) is 0 Å². The van der Waals surface area contributed by atoms with E-state index >= 15 is 0 Å². The second-order valence-corrected chi connectivity index (χ2v) is 7.00. The van der Waals surface area contributed by atoms with E-state index in [0.717, 1.165) is 36.1 Å². The van der Waals surface area contributed by atoms with Crippen LogP contribution >= 0.6 is 11.8 Å². The van der Waals surface area contributed by atoms with Crippen molar-refractivity contribution >= 4 is 39.7 Å². The van der Waals surface area contributed by atoms with E-state index in [-0.39, 0.29) is 17.8 Å². The summed E-state index contributed by atoms with van der Waals surface area (Å²) < 4.78 is 10.7. The Balaban J connectivity index is 1.42. The number of methoxy groups -OCH3 is 1. The lowest BCUT2D eigenvalue weighted by Crippen LogP contribution is -2.32. The van der Waals surface area contributed by atoms with Crippen molar-refractivity contribution in [1.29, 1.82) is 0 Å². The first-order valence-corrected chi connectivity index (χ1v) is 9.43. The normalized spacial score (nSPS) is 17.0. The number of fused-ring (bicyclic) bond motifs is 3. The average Bonchev–Trinajstić information content (AvgIpc) is 3.31. The minimum Gasteiger partial charge on any atom is -0.497 e. The number of rotatable bonds is 6. The molecule has 4 rings (SSSR count). The molecular formula is C17H19N5O3S. The van der Waals surface area contributed by atoms with Gasteiger partial charge in [0, 0.05) is 24.1 Å². The number of nitrogens with zero attached hydrogens (tertiary/aromatic N) is 3. The topological polar surface area (TPSA) is 102 Å². The van der Waals surface area contributed by atoms with Crippen molar-refractivity contribution in [2.75, 3.05) is 26.0 Å². The van der Waals surface area contributed by atoms with Crippen LogP contribution in [0.2, 0.25) is 0 Å². The average molecular weight is 373 g/mol. The van der Waals surface area contributed by atoms with Gasteiger partial charge in [-0.3, -0.25) is 4.79 Å². The van der Waals surface area contributed by atoms with Crippen LogP contribution in [-0.4, -0.2) is 58.2 Å². The lowest BCUT2D eigenvalue weighted by atomic mass is 10.2. The minimum absolute atomic E-state index is 0.0596. The Morgan fingerprint density at radius 1 is 1.46 bits per heavy atom. The number of thioether (sulfide) groups is 1. The van der Waals surface area contributed by atoms with Crippen molar-refractivity contribution in [3.8, 4) is 5.75 Å². The van der Waals surface area contributed by atoms with Gasteiger partial charge in [-0.1, -0.05) is 11.8 Å². The van der Waals surface area contributed by atoms with Crippen molar-refractivity contribution in [1.82, 2.24) is 25.5 Å². The summed E-state index contributed by atoms with van der Waals surface area (Å²) in [6.45, 7) is 1.34. The third-order valence-corrected chi connectivity index (χ3v) is 5.12. The number of benzene rings is 1. The van der Waals surface area contributed by atoms with Crippen LogP contribution in [0.1, 0.15) is 12.8 Å². The molecule has 3 heterocycles. The molecule has 3 aromatic rings. The maximum atomic E-state index is 12.0. The largest absolute Gasteiger partial charge is 0.497 e. The highest BCUT2D eigenvalue weighted by Crippen LogP contribution is 2.27. The number of aromatic nitrogens is 4. The minimum atomic E-state index is -0.0596. The maximum Gasteiger partial charge on any atom is 0.230 e. The Morgan fingerprint density at radius 3 is 3.19 bits per heavy atom. The summed E-state index contributed by atoms with van der Waals surface area (Å²) in [5.41, 5.74) is 2.25. The van der Waals surface area contributed by atoms with Crippen molar-refractivity contribution in [2.45, 2.75) is 24.1 Å². The lowest BCUT2D eigenvalue weighted by Gasteiger charge is -2.10. The summed E-state index contributed by atoms with van der Waals surface area (Å²) in [7, 11) is 1.62. The summed E-state index contributed by atoms with van der Waals surface area (Å²) in [6.07, 6.45) is 2.20. The molecule has 1 saturated heterocycles. The highest BCUT2D eigenvalue weighted by molar-refractivity contribution is 7.99. The molecule has 136 valence electrons. The van der Waals surface area contributed by atoms with E-state index in [1.807, 2.05) is 18.2 Å². The van der Waals surface area contributed by atoms with Gasteiger partial charge in [0.15, 0.2) is 5.65 Å². The molecule has 0 aliphatic carbocycles. The Labute approximate surface area is 154 Å². The number of hydrogen-bond acceptors (Lipinski definition) is 7. The van der Waals surface area contributed by atoms with Gasteiger partial charge in [-0.25, -0.2) is 4.98 Å². The molecule has 0 spiro atoms. The van der Waals surface area contributed by atoms with Crippen LogP contribution in [0.4, 0.5) is 0 Å². The lowest BCUT2D eigenvalue weighted by molar-refractivity contribution is -0.119. The first kappa shape index (κ1) is 17.0. The molecule has 9 heteroatoms. The van der Waals surface area contributed by atoms with Gasteiger partial charge in [0.05, 0.1) is 19.0 Å². The number of carbonyl (C=O) groups excluding carboxylic acids is 1. The highest BCUT2D eigenvalue weighted by atomic mass is 32.2. The molecule has 1 fully saturated rings. The van der Waals surface area contributed by atoms with Crippen LogP contribution in [0.15, 0.2) is 23.4 Å². The van der Waals surface area contributed by atoms with Crippen molar-refractivity contribution in [3.05, 3.63) is 18.2 Å². The fraction of sp³-hybridized carbons (Fsp3) is 0.412. The zero-order chi connectivity index (χ0) is 17.9. The number of ether oxygens (including phenoxy) is 2. The molecule has 1 aromatic carbocycles. The molecule has 1 aliphatic rings. The Hall–Kier alpha value is -2.39. The second kappa shape index (κ2) is 7.46. The fourth-order valence-electron chi connectivity index (χ4n) is 2.94. The first-order valence-electron chi connectivity index (χ1n) is 8.44. The molecule has 26 heavy (non-hydrogen) atoms. The molecule has 0 saturated carbocycles. The zero-order valence-corrected chi connectivity index (χ0v) is 15.1. The number of H-pyrrole nitrogens is 1. The SMILES string of the molecule is COc1ccc2[nH]c3nc(SCC(=O)NC[C@@H]4CCCO4)nnc3c2c1. The van der Waals surface area contributed by atoms with Crippen molar-refractivity contribution in [2.24, 2.45) is 0 Å². The van der Waals surface area contributed by atoms with Crippen molar-refractivity contribution in [3.63, 3.8) is 0 Å². The Morgan fingerprint density at radius 2 is 2.38 bits per heavy atom. The predicted molar refractivity (Wildman–Crippen MR) is 98.4 cm³/mol. The van der Waals surface area contributed by atoms with Crippen molar-refractivity contribution < 1.29 is 14.3 Å². The third kappa shape index (κ3) is 3.58. The number of carbonyl (C=O) groups is 1. The monoisotopic (exact) mass is 373 g/mol. The summed E-state index contributed by atoms with van der Waals surface area (Å²) >= 11 is 1.26. The molecule has 2 N–H and O–H groups in total. The Bertz CT molecular complexity index is 939.